The summed E-state index contributed by atoms with van der Waals surface area (Å²) in [6, 6.07) is 0. The summed E-state index contributed by atoms with van der Waals surface area (Å²) in [4.78, 5) is 0. The van der Waals surface area contributed by atoms with Crippen molar-refractivity contribution in [3.05, 3.63) is 0 Å². The Balaban J connectivity index is 0. The first-order valence-corrected chi connectivity index (χ1v) is 3.53. The van der Waals surface area contributed by atoms with Crippen molar-refractivity contribution in [2.45, 2.75) is 13.8 Å². The van der Waals surface area contributed by atoms with E-state index in [9.17, 15) is 0 Å². The fourth-order valence-corrected chi connectivity index (χ4v) is 0. The van der Waals surface area contributed by atoms with E-state index in [1.165, 1.54) is 0 Å². The Morgan fingerprint density at radius 3 is 1.25 bits per heavy atom. The van der Waals surface area contributed by atoms with Gasteiger partial charge in [-0.3, -0.25) is 0 Å². The van der Waals surface area contributed by atoms with Gasteiger partial charge >= 0.3 is 28.8 Å². The topological polar surface area (TPSA) is 17.1 Å². The maximum atomic E-state index is 8.44. The molecule has 0 aromatic heterocycles. The van der Waals surface area contributed by atoms with E-state index >= 15 is 0 Å². The Kier molecular flexibility index (Phi) is 114. The van der Waals surface area contributed by atoms with Crippen LogP contribution in [0.2, 0.25) is 0 Å². The van der Waals surface area contributed by atoms with Crippen LogP contribution < -0.4 is 0 Å². The zero-order valence-electron chi connectivity index (χ0n) is 3.12. The van der Waals surface area contributed by atoms with E-state index in [-0.39, 0.29) is 26.1 Å². The Labute approximate surface area is 42.9 Å². The first-order chi connectivity index (χ1) is 2.00. The molecule has 0 N–H and O–H groups in total. The average Bonchev–Trinajstić information content (AvgIpc) is 1.50. The fourth-order valence-electron chi connectivity index (χ4n) is 0. The summed E-state index contributed by atoms with van der Waals surface area (Å²) in [6.45, 7) is 4.00. The van der Waals surface area contributed by atoms with Crippen LogP contribution in [-0.4, -0.2) is 0 Å². The van der Waals surface area contributed by atoms with Crippen molar-refractivity contribution < 1.29 is 28.8 Å². The third kappa shape index (κ3) is 15.2. The monoisotopic (exact) mass is 248 g/mol. The molecular formula is C2H6HgO. The predicted molar refractivity (Wildman–Crippen MR) is 12.0 cm³/mol. The Bertz CT molecular complexity index is 6.00. The average molecular weight is 247 g/mol. The molecule has 0 saturated carbocycles. The second-order valence-electron chi connectivity index (χ2n) is 0. The Hall–Kier alpha value is 0.735. The number of hydrogen-bond donors (Lipinski definition) is 0. The predicted octanol–water partition coefficient (Wildman–Crippen LogP) is 0.905. The van der Waals surface area contributed by atoms with Gasteiger partial charge in [0, 0.05) is 0 Å². The minimum atomic E-state index is -0.222. The third-order valence-corrected chi connectivity index (χ3v) is 0. The first kappa shape index (κ1) is 8.83. The first-order valence-electron chi connectivity index (χ1n) is 1.29. The SMILES string of the molecule is CC.[O]=[Hg]. The van der Waals surface area contributed by atoms with Crippen LogP contribution in [-0.2, 0) is 28.8 Å². The molecule has 0 aliphatic carbocycles. The molecule has 0 amide bonds. The molecule has 0 bridgehead atoms. The molecule has 1 nitrogen and oxygen atoms in total. The van der Waals surface area contributed by atoms with Gasteiger partial charge < -0.3 is 0 Å². The van der Waals surface area contributed by atoms with Gasteiger partial charge in [-0.2, -0.15) is 0 Å². The molecule has 0 spiro atoms. The molecule has 0 rings (SSSR count). The van der Waals surface area contributed by atoms with Gasteiger partial charge in [-0.15, -0.1) is 0 Å². The maximum absolute atomic E-state index is 8.44. The second-order valence-corrected chi connectivity index (χ2v) is 0. The molecule has 0 unspecified atom stereocenters. The summed E-state index contributed by atoms with van der Waals surface area (Å²) < 4.78 is 8.44. The standard InChI is InChI=1S/C2H6.Hg.O/c1-2;;/h1-2H3;;. The van der Waals surface area contributed by atoms with Gasteiger partial charge in [-0.1, -0.05) is 13.8 Å². The number of rotatable bonds is 0. The van der Waals surface area contributed by atoms with Crippen LogP contribution in [0.1, 0.15) is 13.8 Å². The molecule has 0 aliphatic heterocycles. The van der Waals surface area contributed by atoms with E-state index in [4.69, 9.17) is 2.64 Å². The molecule has 0 aliphatic rings. The van der Waals surface area contributed by atoms with E-state index in [0.717, 1.165) is 0 Å². The van der Waals surface area contributed by atoms with Gasteiger partial charge in [0.25, 0.3) is 0 Å². The summed E-state index contributed by atoms with van der Waals surface area (Å²) in [5.74, 6) is 0. The van der Waals surface area contributed by atoms with Crippen LogP contribution in [0.25, 0.3) is 0 Å². The van der Waals surface area contributed by atoms with Crippen molar-refractivity contribution in [2.75, 3.05) is 0 Å². The van der Waals surface area contributed by atoms with Crippen LogP contribution >= 0.6 is 0 Å². The van der Waals surface area contributed by atoms with Crippen LogP contribution in [0.3, 0.4) is 0 Å². The fraction of sp³-hybridized carbons (Fsp3) is 1.00. The molecule has 0 aromatic carbocycles. The van der Waals surface area contributed by atoms with Crippen molar-refractivity contribution in [1.82, 2.24) is 0 Å². The Morgan fingerprint density at radius 1 is 1.25 bits per heavy atom. The van der Waals surface area contributed by atoms with Crippen molar-refractivity contribution >= 4 is 0 Å². The molecule has 4 heavy (non-hydrogen) atoms. The van der Waals surface area contributed by atoms with Gasteiger partial charge in [0.05, 0.1) is 0 Å². The van der Waals surface area contributed by atoms with Gasteiger partial charge in [0.1, 0.15) is 0 Å². The quantitative estimate of drug-likeness (QED) is 0.581. The molecule has 0 saturated heterocycles. The summed E-state index contributed by atoms with van der Waals surface area (Å²) in [7, 11) is 0. The molecule has 22 valence electrons. The molecule has 0 heterocycles. The van der Waals surface area contributed by atoms with Crippen LogP contribution in [0.5, 0.6) is 0 Å². The summed E-state index contributed by atoms with van der Waals surface area (Å²) >= 11 is -0.222. The normalized spacial score (nSPS) is 3.00. The molecule has 2 heteroatoms. The number of hydrogen-bond acceptors (Lipinski definition) is 1. The second kappa shape index (κ2) is 51.7. The zero-order chi connectivity index (χ0) is 4.00. The van der Waals surface area contributed by atoms with E-state index in [2.05, 4.69) is 0 Å². The van der Waals surface area contributed by atoms with Crippen molar-refractivity contribution in [1.29, 1.82) is 0 Å². The van der Waals surface area contributed by atoms with Gasteiger partial charge in [0.2, 0.25) is 0 Å². The molecule has 0 fully saturated rings. The molecular weight excluding hydrogens is 241 g/mol. The van der Waals surface area contributed by atoms with Crippen molar-refractivity contribution in [2.24, 2.45) is 0 Å². The van der Waals surface area contributed by atoms with E-state index in [1.807, 2.05) is 13.8 Å². The Morgan fingerprint density at radius 2 is 1.25 bits per heavy atom. The van der Waals surface area contributed by atoms with E-state index in [1.54, 1.807) is 0 Å². The van der Waals surface area contributed by atoms with Gasteiger partial charge in [-0.05, 0) is 0 Å². The third-order valence-electron chi connectivity index (χ3n) is 0. The van der Waals surface area contributed by atoms with Crippen LogP contribution in [0, 0.1) is 0 Å². The molecule has 0 atom stereocenters. The molecule has 0 aromatic rings. The minimum absolute atomic E-state index is 0.222. The summed E-state index contributed by atoms with van der Waals surface area (Å²) in [6.07, 6.45) is 0. The van der Waals surface area contributed by atoms with Gasteiger partial charge in [-0.25, -0.2) is 0 Å². The van der Waals surface area contributed by atoms with Crippen LogP contribution in [0.4, 0.5) is 0 Å². The summed E-state index contributed by atoms with van der Waals surface area (Å²) in [5.41, 5.74) is 0. The van der Waals surface area contributed by atoms with E-state index in [0.29, 0.717) is 0 Å². The van der Waals surface area contributed by atoms with Gasteiger partial charge in [0.15, 0.2) is 0 Å². The zero-order valence-corrected chi connectivity index (χ0v) is 8.61. The van der Waals surface area contributed by atoms with Crippen molar-refractivity contribution in [3.63, 3.8) is 0 Å². The van der Waals surface area contributed by atoms with Crippen LogP contribution in [0.15, 0.2) is 0 Å². The van der Waals surface area contributed by atoms with Crippen molar-refractivity contribution in [3.8, 4) is 0 Å². The van der Waals surface area contributed by atoms with E-state index < -0.39 is 0 Å². The summed E-state index contributed by atoms with van der Waals surface area (Å²) in [5, 5.41) is 0. The molecule has 0 radical (unpaired) electrons.